The fraction of sp³-hybridized carbons (Fsp3) is 0.467. The largest absolute Gasteiger partial charge is 0.480 e. The molecule has 0 radical (unpaired) electrons. The molecule has 0 fully saturated rings. The molecule has 0 aliphatic carbocycles. The van der Waals surface area contributed by atoms with E-state index in [1.807, 2.05) is 0 Å². The number of aliphatic carboxylic acids is 1. The van der Waals surface area contributed by atoms with Gasteiger partial charge in [0.05, 0.1) is 11.9 Å². The number of sulfonamides is 1. The topological polar surface area (TPSA) is 95.0 Å². The van der Waals surface area contributed by atoms with Gasteiger partial charge in [-0.25, -0.2) is 13.2 Å². The normalized spacial score (nSPS) is 15.7. The lowest BCUT2D eigenvalue weighted by Crippen LogP contribution is -2.40. The molecule has 23 heavy (non-hydrogen) atoms. The molecule has 1 aliphatic heterocycles. The summed E-state index contributed by atoms with van der Waals surface area (Å²) in [5.74, 6) is -1.48. The minimum Gasteiger partial charge on any atom is -0.480 e. The molecule has 8 heteroatoms. The van der Waals surface area contributed by atoms with Gasteiger partial charge in [0.2, 0.25) is 10.0 Å². The zero-order chi connectivity index (χ0) is 17.4. The highest BCUT2D eigenvalue weighted by Crippen LogP contribution is 2.30. The first-order valence-corrected chi connectivity index (χ1v) is 9.08. The summed E-state index contributed by atoms with van der Waals surface area (Å²) >= 11 is 0. The van der Waals surface area contributed by atoms with E-state index in [0.29, 0.717) is 30.6 Å². The molecule has 1 aromatic carbocycles. The van der Waals surface area contributed by atoms with Crippen LogP contribution in [0.15, 0.2) is 18.2 Å². The van der Waals surface area contributed by atoms with Crippen molar-refractivity contribution in [3.8, 4) is 0 Å². The van der Waals surface area contributed by atoms with Crippen LogP contribution in [0.3, 0.4) is 0 Å². The summed E-state index contributed by atoms with van der Waals surface area (Å²) in [6, 6.07) is 3.86. The monoisotopic (exact) mass is 340 g/mol. The predicted molar refractivity (Wildman–Crippen MR) is 86.1 cm³/mol. The second kappa shape index (κ2) is 6.19. The number of nitrogens with zero attached hydrogens (tertiary/aromatic N) is 2. The van der Waals surface area contributed by atoms with Gasteiger partial charge < -0.3 is 10.0 Å². The van der Waals surface area contributed by atoms with Crippen molar-refractivity contribution in [2.75, 3.05) is 24.2 Å². The van der Waals surface area contributed by atoms with Crippen LogP contribution in [-0.2, 0) is 21.2 Å². The van der Waals surface area contributed by atoms with E-state index in [-0.39, 0.29) is 0 Å². The van der Waals surface area contributed by atoms with Crippen LogP contribution in [0, 0.1) is 0 Å². The lowest BCUT2D eigenvalue weighted by molar-refractivity contribution is -0.141. The van der Waals surface area contributed by atoms with E-state index < -0.39 is 27.9 Å². The Morgan fingerprint density at radius 3 is 2.57 bits per heavy atom. The minimum atomic E-state index is -3.35. The molecule has 1 unspecified atom stereocenters. The molecule has 2 rings (SSSR count). The number of hydrogen-bond donors (Lipinski definition) is 1. The van der Waals surface area contributed by atoms with Gasteiger partial charge in [-0.2, -0.15) is 0 Å². The number of fused-ring (bicyclic) bond motifs is 1. The number of carbonyl (C=O) groups excluding carboxylic acids is 1. The van der Waals surface area contributed by atoms with Gasteiger partial charge in [0.1, 0.15) is 6.04 Å². The molecule has 1 amide bonds. The molecular formula is C15H20N2O5S. The van der Waals surface area contributed by atoms with Crippen molar-refractivity contribution >= 4 is 27.6 Å². The summed E-state index contributed by atoms with van der Waals surface area (Å²) in [6.45, 7) is 1.86. The minimum absolute atomic E-state index is 0.356. The van der Waals surface area contributed by atoms with Gasteiger partial charge in [0.15, 0.2) is 0 Å². The molecule has 1 aliphatic rings. The second-order valence-electron chi connectivity index (χ2n) is 5.71. The molecule has 126 valence electrons. The number of likely N-dealkylation sites (N-methyl/N-ethyl adjacent to an activating group) is 1. The number of anilines is 1. The molecule has 0 spiro atoms. The van der Waals surface area contributed by atoms with E-state index in [9.17, 15) is 18.0 Å². The van der Waals surface area contributed by atoms with Gasteiger partial charge in [-0.3, -0.25) is 9.10 Å². The van der Waals surface area contributed by atoms with Crippen LogP contribution in [0.2, 0.25) is 0 Å². The van der Waals surface area contributed by atoms with Crippen molar-refractivity contribution in [1.29, 1.82) is 0 Å². The average Bonchev–Trinajstić information content (AvgIpc) is 2.50. The standard InChI is InChI=1S/C15H20N2O5S/c1-10(15(19)20)16(2)14(18)12-6-7-13-11(9-12)5-4-8-17(13)23(3,21)22/h6-7,9-10H,4-5,8H2,1-3H3,(H,19,20). The number of carboxylic acids is 1. The van der Waals surface area contributed by atoms with Gasteiger partial charge in [-0.05, 0) is 43.5 Å². The number of aryl methyl sites for hydroxylation is 1. The first-order valence-electron chi connectivity index (χ1n) is 7.23. The Bertz CT molecular complexity index is 744. The van der Waals surface area contributed by atoms with E-state index >= 15 is 0 Å². The van der Waals surface area contributed by atoms with Gasteiger partial charge in [-0.15, -0.1) is 0 Å². The van der Waals surface area contributed by atoms with Crippen molar-refractivity contribution in [2.45, 2.75) is 25.8 Å². The first-order chi connectivity index (χ1) is 10.6. The van der Waals surface area contributed by atoms with E-state index in [1.54, 1.807) is 12.1 Å². The summed E-state index contributed by atoms with van der Waals surface area (Å²) in [5.41, 5.74) is 1.72. The maximum absolute atomic E-state index is 12.4. The van der Waals surface area contributed by atoms with Crippen molar-refractivity contribution < 1.29 is 23.1 Å². The second-order valence-corrected chi connectivity index (χ2v) is 7.62. The Morgan fingerprint density at radius 1 is 1.35 bits per heavy atom. The molecule has 1 aromatic rings. The van der Waals surface area contributed by atoms with E-state index in [2.05, 4.69) is 0 Å². The van der Waals surface area contributed by atoms with Crippen LogP contribution < -0.4 is 4.31 Å². The summed E-state index contributed by atoms with van der Waals surface area (Å²) < 4.78 is 25.0. The third kappa shape index (κ3) is 3.47. The third-order valence-corrected chi connectivity index (χ3v) is 5.24. The molecule has 1 N–H and O–H groups in total. The van der Waals surface area contributed by atoms with Crippen molar-refractivity contribution in [2.24, 2.45) is 0 Å². The molecule has 0 aromatic heterocycles. The first kappa shape index (κ1) is 17.3. The van der Waals surface area contributed by atoms with Crippen LogP contribution in [0.5, 0.6) is 0 Å². The fourth-order valence-corrected chi connectivity index (χ4v) is 3.58. The zero-order valence-electron chi connectivity index (χ0n) is 13.3. The molecule has 1 atom stereocenters. The lowest BCUT2D eigenvalue weighted by atomic mass is 10.00. The van der Waals surface area contributed by atoms with Crippen molar-refractivity contribution in [1.82, 2.24) is 4.90 Å². The Kier molecular flexibility index (Phi) is 4.65. The molecule has 0 saturated carbocycles. The van der Waals surface area contributed by atoms with E-state index in [1.165, 1.54) is 24.3 Å². The highest BCUT2D eigenvalue weighted by Gasteiger charge is 2.27. The van der Waals surface area contributed by atoms with Gasteiger partial charge in [0.25, 0.3) is 5.91 Å². The van der Waals surface area contributed by atoms with Crippen molar-refractivity contribution in [3.63, 3.8) is 0 Å². The number of carboxylic acid groups (broad SMARTS) is 1. The Labute approximate surface area is 135 Å². The number of hydrogen-bond acceptors (Lipinski definition) is 4. The Hall–Kier alpha value is -2.09. The average molecular weight is 340 g/mol. The third-order valence-electron chi connectivity index (χ3n) is 4.06. The Balaban J connectivity index is 2.35. The SMILES string of the molecule is CC(C(=O)O)N(C)C(=O)c1ccc2c(c1)CCCN2S(C)(=O)=O. The number of rotatable bonds is 4. The van der Waals surface area contributed by atoms with Crippen LogP contribution in [0.25, 0.3) is 0 Å². The van der Waals surface area contributed by atoms with Crippen molar-refractivity contribution in [3.05, 3.63) is 29.3 Å². The Morgan fingerprint density at radius 2 is 2.00 bits per heavy atom. The molecule has 0 bridgehead atoms. The van der Waals surface area contributed by atoms with Crippen LogP contribution >= 0.6 is 0 Å². The quantitative estimate of drug-likeness (QED) is 0.880. The lowest BCUT2D eigenvalue weighted by Gasteiger charge is -2.30. The zero-order valence-corrected chi connectivity index (χ0v) is 14.1. The van der Waals surface area contributed by atoms with E-state index in [0.717, 1.165) is 16.7 Å². The molecule has 0 saturated heterocycles. The summed E-state index contributed by atoms with van der Waals surface area (Å²) in [6.07, 6.45) is 2.52. The highest BCUT2D eigenvalue weighted by molar-refractivity contribution is 7.92. The van der Waals surface area contributed by atoms with Gasteiger partial charge in [-0.1, -0.05) is 0 Å². The van der Waals surface area contributed by atoms with E-state index in [4.69, 9.17) is 5.11 Å². The summed E-state index contributed by atoms with van der Waals surface area (Å²) in [4.78, 5) is 24.5. The van der Waals surface area contributed by atoms with Crippen LogP contribution in [0.4, 0.5) is 5.69 Å². The molecule has 7 nitrogen and oxygen atoms in total. The predicted octanol–water partition coefficient (Wildman–Crippen LogP) is 0.944. The summed E-state index contributed by atoms with van der Waals surface area (Å²) in [7, 11) is -1.92. The smallest absolute Gasteiger partial charge is 0.326 e. The maximum Gasteiger partial charge on any atom is 0.326 e. The van der Waals surface area contributed by atoms with Crippen LogP contribution in [0.1, 0.15) is 29.3 Å². The highest BCUT2D eigenvalue weighted by atomic mass is 32.2. The molecule has 1 heterocycles. The van der Waals surface area contributed by atoms with Crippen LogP contribution in [-0.4, -0.2) is 56.2 Å². The number of carbonyl (C=O) groups is 2. The fourth-order valence-electron chi connectivity index (χ4n) is 2.59. The maximum atomic E-state index is 12.4. The number of benzene rings is 1. The van der Waals surface area contributed by atoms with Gasteiger partial charge >= 0.3 is 5.97 Å². The summed E-state index contributed by atoms with van der Waals surface area (Å²) in [5, 5.41) is 9.00. The molecular weight excluding hydrogens is 320 g/mol. The number of amides is 1. The van der Waals surface area contributed by atoms with Gasteiger partial charge in [0, 0.05) is 19.2 Å².